The Hall–Kier alpha value is -1.36. The van der Waals surface area contributed by atoms with Gasteiger partial charge in [0.25, 0.3) is 5.91 Å². The molecular formula is C16H16INO. The predicted molar refractivity (Wildman–Crippen MR) is 87.8 cm³/mol. The molecule has 0 aliphatic carbocycles. The summed E-state index contributed by atoms with van der Waals surface area (Å²) in [5, 5.41) is 2.94. The van der Waals surface area contributed by atoms with E-state index in [0.29, 0.717) is 5.56 Å². The zero-order chi connectivity index (χ0) is 14.0. The number of carbonyl (C=O) groups is 1. The molecule has 98 valence electrons. The second-order valence-corrected chi connectivity index (χ2v) is 5.96. The second kappa shape index (κ2) is 5.74. The number of benzene rings is 2. The molecule has 0 aliphatic rings. The number of aryl methyl sites for hydroxylation is 3. The van der Waals surface area contributed by atoms with Crippen LogP contribution in [0.25, 0.3) is 0 Å². The van der Waals surface area contributed by atoms with Crippen molar-refractivity contribution in [2.45, 2.75) is 20.8 Å². The van der Waals surface area contributed by atoms with E-state index < -0.39 is 0 Å². The molecule has 0 spiro atoms. The van der Waals surface area contributed by atoms with Crippen LogP contribution < -0.4 is 5.32 Å². The molecule has 0 aromatic heterocycles. The van der Waals surface area contributed by atoms with Crippen molar-refractivity contribution >= 4 is 34.2 Å². The van der Waals surface area contributed by atoms with Gasteiger partial charge >= 0.3 is 0 Å². The van der Waals surface area contributed by atoms with Crippen molar-refractivity contribution in [3.63, 3.8) is 0 Å². The van der Waals surface area contributed by atoms with Gasteiger partial charge in [-0.25, -0.2) is 0 Å². The lowest BCUT2D eigenvalue weighted by Gasteiger charge is -2.08. The normalized spacial score (nSPS) is 10.3. The summed E-state index contributed by atoms with van der Waals surface area (Å²) in [6, 6.07) is 11.8. The quantitative estimate of drug-likeness (QED) is 0.782. The van der Waals surface area contributed by atoms with Gasteiger partial charge < -0.3 is 5.32 Å². The first-order valence-electron chi connectivity index (χ1n) is 6.11. The molecule has 0 saturated carbocycles. The predicted octanol–water partition coefficient (Wildman–Crippen LogP) is 4.47. The van der Waals surface area contributed by atoms with Gasteiger partial charge in [-0.05, 0) is 73.2 Å². The molecule has 2 rings (SSSR count). The van der Waals surface area contributed by atoms with Gasteiger partial charge in [0.15, 0.2) is 0 Å². The van der Waals surface area contributed by atoms with Gasteiger partial charge in [-0.15, -0.1) is 0 Å². The van der Waals surface area contributed by atoms with Gasteiger partial charge in [-0.1, -0.05) is 23.3 Å². The number of amides is 1. The van der Waals surface area contributed by atoms with Crippen molar-refractivity contribution in [2.75, 3.05) is 5.32 Å². The third-order valence-corrected chi connectivity index (χ3v) is 4.08. The van der Waals surface area contributed by atoms with Gasteiger partial charge in [-0.2, -0.15) is 0 Å². The Morgan fingerprint density at radius 2 is 1.63 bits per heavy atom. The molecule has 3 heteroatoms. The summed E-state index contributed by atoms with van der Waals surface area (Å²) >= 11 is 2.27. The summed E-state index contributed by atoms with van der Waals surface area (Å²) in [4.78, 5) is 12.2. The van der Waals surface area contributed by atoms with E-state index in [1.807, 2.05) is 44.2 Å². The highest BCUT2D eigenvalue weighted by Gasteiger charge is 2.07. The SMILES string of the molecule is Cc1cc(C)cc(C(=O)Nc2ccc(C)c(I)c2)c1. The van der Waals surface area contributed by atoms with Crippen LogP contribution in [-0.2, 0) is 0 Å². The molecule has 0 saturated heterocycles. The first kappa shape index (κ1) is 14.1. The van der Waals surface area contributed by atoms with Crippen molar-refractivity contribution in [3.05, 3.63) is 62.2 Å². The third kappa shape index (κ3) is 3.56. The first-order chi connectivity index (χ1) is 8.95. The van der Waals surface area contributed by atoms with Crippen molar-refractivity contribution in [1.82, 2.24) is 0 Å². The Balaban J connectivity index is 2.22. The summed E-state index contributed by atoms with van der Waals surface area (Å²) in [6.45, 7) is 6.05. The largest absolute Gasteiger partial charge is 0.322 e. The van der Waals surface area contributed by atoms with E-state index in [9.17, 15) is 4.79 Å². The summed E-state index contributed by atoms with van der Waals surface area (Å²) in [5.41, 5.74) is 4.95. The molecule has 2 nitrogen and oxygen atoms in total. The maximum Gasteiger partial charge on any atom is 0.255 e. The van der Waals surface area contributed by atoms with Gasteiger partial charge in [0.1, 0.15) is 0 Å². The molecule has 1 N–H and O–H groups in total. The Morgan fingerprint density at radius 1 is 1.00 bits per heavy atom. The lowest BCUT2D eigenvalue weighted by atomic mass is 10.1. The van der Waals surface area contributed by atoms with E-state index >= 15 is 0 Å². The van der Waals surface area contributed by atoms with E-state index in [-0.39, 0.29) is 5.91 Å². The number of carbonyl (C=O) groups excluding carboxylic acids is 1. The Kier molecular flexibility index (Phi) is 4.24. The third-order valence-electron chi connectivity index (χ3n) is 2.91. The van der Waals surface area contributed by atoms with Crippen molar-refractivity contribution in [1.29, 1.82) is 0 Å². The lowest BCUT2D eigenvalue weighted by molar-refractivity contribution is 0.102. The summed E-state index contributed by atoms with van der Waals surface area (Å²) in [7, 11) is 0. The summed E-state index contributed by atoms with van der Waals surface area (Å²) in [5.74, 6) is -0.0635. The number of nitrogens with one attached hydrogen (secondary N) is 1. The maximum atomic E-state index is 12.2. The minimum Gasteiger partial charge on any atom is -0.322 e. The molecule has 0 bridgehead atoms. The fourth-order valence-corrected chi connectivity index (χ4v) is 2.49. The number of halogens is 1. The monoisotopic (exact) mass is 365 g/mol. The van der Waals surface area contributed by atoms with E-state index in [2.05, 4.69) is 40.9 Å². The highest BCUT2D eigenvalue weighted by molar-refractivity contribution is 14.1. The van der Waals surface area contributed by atoms with Gasteiger partial charge in [-0.3, -0.25) is 4.79 Å². The van der Waals surface area contributed by atoms with Gasteiger partial charge in [0.05, 0.1) is 0 Å². The van der Waals surface area contributed by atoms with Crippen LogP contribution in [-0.4, -0.2) is 5.91 Å². The Bertz CT molecular complexity index is 614. The van der Waals surface area contributed by atoms with Crippen molar-refractivity contribution < 1.29 is 4.79 Å². The van der Waals surface area contributed by atoms with Crippen LogP contribution in [0.15, 0.2) is 36.4 Å². The number of rotatable bonds is 2. The Labute approximate surface area is 127 Å². The molecule has 0 aliphatic heterocycles. The zero-order valence-electron chi connectivity index (χ0n) is 11.3. The van der Waals surface area contributed by atoms with Gasteiger partial charge in [0, 0.05) is 14.8 Å². The van der Waals surface area contributed by atoms with Crippen molar-refractivity contribution in [2.24, 2.45) is 0 Å². The van der Waals surface area contributed by atoms with Gasteiger partial charge in [0.2, 0.25) is 0 Å². The molecule has 2 aromatic rings. The fraction of sp³-hybridized carbons (Fsp3) is 0.188. The first-order valence-corrected chi connectivity index (χ1v) is 7.19. The summed E-state index contributed by atoms with van der Waals surface area (Å²) < 4.78 is 1.15. The number of hydrogen-bond acceptors (Lipinski definition) is 1. The summed E-state index contributed by atoms with van der Waals surface area (Å²) in [6.07, 6.45) is 0. The standard InChI is InChI=1S/C16H16INO/c1-10-6-11(2)8-13(7-10)16(19)18-14-5-4-12(3)15(17)9-14/h4-9H,1-3H3,(H,18,19). The maximum absolute atomic E-state index is 12.2. The van der Waals surface area contributed by atoms with Crippen LogP contribution in [0.2, 0.25) is 0 Å². The van der Waals surface area contributed by atoms with Crippen LogP contribution in [0.1, 0.15) is 27.0 Å². The Morgan fingerprint density at radius 3 is 2.21 bits per heavy atom. The molecule has 0 radical (unpaired) electrons. The highest BCUT2D eigenvalue weighted by atomic mass is 127. The van der Waals surface area contributed by atoms with Crippen LogP contribution in [0.4, 0.5) is 5.69 Å². The van der Waals surface area contributed by atoms with Crippen LogP contribution in [0.5, 0.6) is 0 Å². The fourth-order valence-electron chi connectivity index (χ4n) is 1.98. The molecule has 0 atom stereocenters. The number of anilines is 1. The molecule has 0 unspecified atom stereocenters. The highest BCUT2D eigenvalue weighted by Crippen LogP contribution is 2.18. The smallest absolute Gasteiger partial charge is 0.255 e. The minimum absolute atomic E-state index is 0.0635. The zero-order valence-corrected chi connectivity index (χ0v) is 13.4. The molecule has 2 aromatic carbocycles. The molecule has 0 heterocycles. The average molecular weight is 365 g/mol. The van der Waals surface area contributed by atoms with E-state index in [1.54, 1.807) is 0 Å². The molecule has 0 fully saturated rings. The number of hydrogen-bond donors (Lipinski definition) is 1. The van der Waals surface area contributed by atoms with Crippen LogP contribution in [0, 0.1) is 24.3 Å². The second-order valence-electron chi connectivity index (χ2n) is 4.79. The average Bonchev–Trinajstić information content (AvgIpc) is 2.32. The minimum atomic E-state index is -0.0635. The topological polar surface area (TPSA) is 29.1 Å². The molecule has 19 heavy (non-hydrogen) atoms. The van der Waals surface area contributed by atoms with Crippen LogP contribution in [0.3, 0.4) is 0 Å². The molecule has 1 amide bonds. The lowest BCUT2D eigenvalue weighted by Crippen LogP contribution is -2.12. The van der Waals surface area contributed by atoms with E-state index in [4.69, 9.17) is 0 Å². The van der Waals surface area contributed by atoms with Crippen molar-refractivity contribution in [3.8, 4) is 0 Å². The van der Waals surface area contributed by atoms with E-state index in [0.717, 1.165) is 20.4 Å². The van der Waals surface area contributed by atoms with E-state index in [1.165, 1.54) is 5.56 Å². The molecular weight excluding hydrogens is 349 g/mol. The van der Waals surface area contributed by atoms with Crippen LogP contribution >= 0.6 is 22.6 Å².